The average Bonchev–Trinajstić information content (AvgIpc) is 2.97. The zero-order valence-corrected chi connectivity index (χ0v) is 13.0. The first kappa shape index (κ1) is 15.6. The number of hydrogen-bond donors (Lipinski definition) is 2. The number of anilines is 2. The van der Waals surface area contributed by atoms with E-state index in [1.807, 2.05) is 4.90 Å². The van der Waals surface area contributed by atoms with Crippen LogP contribution < -0.4 is 10.6 Å². The molecule has 0 amide bonds. The fourth-order valence-electron chi connectivity index (χ4n) is 2.32. The number of nitrogens with two attached hydrogens (primary N) is 1. The van der Waals surface area contributed by atoms with Crippen molar-refractivity contribution < 1.29 is 24.2 Å². The number of nitrogen functional groups attached to an aromatic ring is 1. The third-order valence-corrected chi connectivity index (χ3v) is 4.67. The van der Waals surface area contributed by atoms with E-state index in [2.05, 4.69) is 4.74 Å². The highest BCUT2D eigenvalue weighted by molar-refractivity contribution is 7.19. The second-order valence-electron chi connectivity index (χ2n) is 5.18. The molecule has 21 heavy (non-hydrogen) atoms. The lowest BCUT2D eigenvalue weighted by molar-refractivity contribution is 0.0601. The number of nitrogens with zero attached hydrogens (tertiary/aromatic N) is 1. The molecule has 1 atom stereocenters. The van der Waals surface area contributed by atoms with Gasteiger partial charge in [0.25, 0.3) is 0 Å². The standard InChI is InChI=1S/C13H18N2O5S/c1-13(18)4-5-15(6-13)10-7(11(16)19-2)8(14)9(21-10)12(17)20-3/h18H,4-6,14H2,1-3H3. The van der Waals surface area contributed by atoms with Gasteiger partial charge in [-0.05, 0) is 13.3 Å². The minimum Gasteiger partial charge on any atom is -0.465 e. The number of methoxy groups -OCH3 is 2. The van der Waals surface area contributed by atoms with Crippen LogP contribution in [0.4, 0.5) is 10.7 Å². The van der Waals surface area contributed by atoms with Gasteiger partial charge in [0.2, 0.25) is 0 Å². The van der Waals surface area contributed by atoms with Crippen LogP contribution in [0.5, 0.6) is 0 Å². The number of rotatable bonds is 3. The summed E-state index contributed by atoms with van der Waals surface area (Å²) in [5.41, 5.74) is 5.29. The highest BCUT2D eigenvalue weighted by atomic mass is 32.1. The maximum Gasteiger partial charge on any atom is 0.350 e. The van der Waals surface area contributed by atoms with Crippen molar-refractivity contribution in [3.8, 4) is 0 Å². The highest BCUT2D eigenvalue weighted by Gasteiger charge is 2.36. The Morgan fingerprint density at radius 1 is 1.33 bits per heavy atom. The van der Waals surface area contributed by atoms with E-state index in [0.717, 1.165) is 11.3 Å². The zero-order valence-electron chi connectivity index (χ0n) is 12.1. The van der Waals surface area contributed by atoms with Gasteiger partial charge in [0.05, 0.1) is 25.5 Å². The topological polar surface area (TPSA) is 102 Å². The highest BCUT2D eigenvalue weighted by Crippen LogP contribution is 2.41. The molecule has 1 aliphatic heterocycles. The monoisotopic (exact) mass is 314 g/mol. The van der Waals surface area contributed by atoms with Crippen molar-refractivity contribution in [2.24, 2.45) is 0 Å². The van der Waals surface area contributed by atoms with E-state index in [1.165, 1.54) is 14.2 Å². The summed E-state index contributed by atoms with van der Waals surface area (Å²) in [5, 5.41) is 10.6. The first-order valence-corrected chi connectivity index (χ1v) is 7.18. The number of β-amino-alcohol motifs (C(OH)–C–C–N with tert-alkyl or cyclic N) is 1. The van der Waals surface area contributed by atoms with Crippen LogP contribution in [0.15, 0.2) is 0 Å². The van der Waals surface area contributed by atoms with Gasteiger partial charge in [-0.25, -0.2) is 9.59 Å². The van der Waals surface area contributed by atoms with Gasteiger partial charge in [0.15, 0.2) is 0 Å². The number of hydrogen-bond acceptors (Lipinski definition) is 8. The molecule has 3 N–H and O–H groups in total. The third-order valence-electron chi connectivity index (χ3n) is 3.43. The van der Waals surface area contributed by atoms with Gasteiger partial charge in [0, 0.05) is 13.1 Å². The molecule has 0 radical (unpaired) electrons. The van der Waals surface area contributed by atoms with Crippen molar-refractivity contribution >= 4 is 34.0 Å². The van der Waals surface area contributed by atoms with Gasteiger partial charge < -0.3 is 25.2 Å². The quantitative estimate of drug-likeness (QED) is 0.798. The fraction of sp³-hybridized carbons (Fsp3) is 0.538. The Hall–Kier alpha value is -1.80. The molecule has 1 saturated heterocycles. The minimum absolute atomic E-state index is 0.0558. The second kappa shape index (κ2) is 5.53. The van der Waals surface area contributed by atoms with Gasteiger partial charge in [0.1, 0.15) is 15.4 Å². The summed E-state index contributed by atoms with van der Waals surface area (Å²) in [4.78, 5) is 25.7. The van der Waals surface area contributed by atoms with Crippen molar-refractivity contribution in [1.29, 1.82) is 0 Å². The Bertz CT molecular complexity index is 581. The maximum absolute atomic E-state index is 12.0. The van der Waals surface area contributed by atoms with E-state index in [0.29, 0.717) is 24.5 Å². The van der Waals surface area contributed by atoms with Crippen LogP contribution in [0, 0.1) is 0 Å². The summed E-state index contributed by atoms with van der Waals surface area (Å²) in [6.45, 7) is 2.65. The van der Waals surface area contributed by atoms with E-state index in [1.54, 1.807) is 6.92 Å². The van der Waals surface area contributed by atoms with E-state index in [9.17, 15) is 14.7 Å². The van der Waals surface area contributed by atoms with Crippen molar-refractivity contribution in [3.63, 3.8) is 0 Å². The van der Waals surface area contributed by atoms with Gasteiger partial charge in [-0.2, -0.15) is 0 Å². The first-order valence-electron chi connectivity index (χ1n) is 6.37. The van der Waals surface area contributed by atoms with E-state index < -0.39 is 17.5 Å². The molecule has 1 aromatic heterocycles. The molecule has 1 aromatic rings. The Morgan fingerprint density at radius 2 is 1.95 bits per heavy atom. The Morgan fingerprint density at radius 3 is 2.43 bits per heavy atom. The summed E-state index contributed by atoms with van der Waals surface area (Å²) in [5.74, 6) is -1.21. The molecule has 0 bridgehead atoms. The molecule has 8 heteroatoms. The summed E-state index contributed by atoms with van der Waals surface area (Å²) in [6.07, 6.45) is 0.568. The zero-order chi connectivity index (χ0) is 15.8. The lowest BCUT2D eigenvalue weighted by atomic mass is 10.1. The Kier molecular flexibility index (Phi) is 4.11. The average molecular weight is 314 g/mol. The molecule has 116 valence electrons. The van der Waals surface area contributed by atoms with Gasteiger partial charge >= 0.3 is 11.9 Å². The number of thiophene rings is 1. The van der Waals surface area contributed by atoms with Gasteiger partial charge in [-0.1, -0.05) is 0 Å². The first-order chi connectivity index (χ1) is 9.80. The molecule has 0 aromatic carbocycles. The number of aliphatic hydroxyl groups is 1. The Labute approximate surface area is 126 Å². The number of esters is 2. The van der Waals surface area contributed by atoms with Crippen molar-refractivity contribution in [3.05, 3.63) is 10.4 Å². The van der Waals surface area contributed by atoms with Crippen LogP contribution in [0.2, 0.25) is 0 Å². The summed E-state index contributed by atoms with van der Waals surface area (Å²) in [7, 11) is 2.50. The van der Waals surface area contributed by atoms with Crippen LogP contribution in [0.3, 0.4) is 0 Å². The van der Waals surface area contributed by atoms with E-state index in [-0.39, 0.29) is 16.1 Å². The summed E-state index contributed by atoms with van der Waals surface area (Å²) in [6, 6.07) is 0. The molecular formula is C13H18N2O5S. The van der Waals surface area contributed by atoms with E-state index in [4.69, 9.17) is 10.5 Å². The molecular weight excluding hydrogens is 296 g/mol. The summed E-state index contributed by atoms with van der Waals surface area (Å²) < 4.78 is 9.42. The molecule has 7 nitrogen and oxygen atoms in total. The van der Waals surface area contributed by atoms with Crippen molar-refractivity contribution in [2.75, 3.05) is 37.9 Å². The van der Waals surface area contributed by atoms with Gasteiger partial charge in [-0.3, -0.25) is 0 Å². The SMILES string of the molecule is COC(=O)c1sc(N2CCC(C)(O)C2)c(C(=O)OC)c1N. The predicted octanol–water partition coefficient (Wildman–Crippen LogP) is 0.865. The largest absolute Gasteiger partial charge is 0.465 e. The molecule has 1 aliphatic rings. The normalized spacial score (nSPS) is 21.4. The van der Waals surface area contributed by atoms with Crippen LogP contribution in [0.1, 0.15) is 33.4 Å². The number of carbonyl (C=O) groups is 2. The molecule has 0 aliphatic carbocycles. The van der Waals surface area contributed by atoms with Crippen LogP contribution in [-0.4, -0.2) is 50.0 Å². The molecule has 0 spiro atoms. The lowest BCUT2D eigenvalue weighted by Crippen LogP contribution is -2.29. The molecule has 0 saturated carbocycles. The summed E-state index contributed by atoms with van der Waals surface area (Å²) >= 11 is 1.07. The third kappa shape index (κ3) is 2.81. The fourth-order valence-corrected chi connectivity index (χ4v) is 3.47. The van der Waals surface area contributed by atoms with Crippen LogP contribution in [0.25, 0.3) is 0 Å². The van der Waals surface area contributed by atoms with Crippen LogP contribution in [-0.2, 0) is 9.47 Å². The van der Waals surface area contributed by atoms with E-state index >= 15 is 0 Å². The van der Waals surface area contributed by atoms with Crippen LogP contribution >= 0.6 is 11.3 Å². The second-order valence-corrected chi connectivity index (χ2v) is 6.18. The van der Waals surface area contributed by atoms with Crippen molar-refractivity contribution in [1.82, 2.24) is 0 Å². The molecule has 1 fully saturated rings. The number of carbonyl (C=O) groups excluding carboxylic acids is 2. The molecule has 2 heterocycles. The molecule has 1 unspecified atom stereocenters. The molecule has 2 rings (SSSR count). The van der Waals surface area contributed by atoms with Crippen molar-refractivity contribution in [2.45, 2.75) is 18.9 Å². The minimum atomic E-state index is -0.836. The lowest BCUT2D eigenvalue weighted by Gasteiger charge is -2.20. The smallest absolute Gasteiger partial charge is 0.350 e. The number of ether oxygens (including phenoxy) is 2. The van der Waals surface area contributed by atoms with Gasteiger partial charge in [-0.15, -0.1) is 11.3 Å². The Balaban J connectivity index is 2.49. The maximum atomic E-state index is 12.0. The predicted molar refractivity (Wildman–Crippen MR) is 78.9 cm³/mol.